The highest BCUT2D eigenvalue weighted by Gasteiger charge is 2.37. The van der Waals surface area contributed by atoms with Gasteiger partial charge in [-0.2, -0.15) is 0 Å². The highest BCUT2D eigenvalue weighted by atomic mass is 35.5. The first-order chi connectivity index (χ1) is 9.69. The van der Waals surface area contributed by atoms with Crippen molar-refractivity contribution >= 4 is 27.3 Å². The Balaban J connectivity index is 2.27. The predicted octanol–water partition coefficient (Wildman–Crippen LogP) is 2.52. The molecule has 0 spiro atoms. The minimum Gasteiger partial charge on any atom is -0.332 e. The normalized spacial score (nSPS) is 16.6. The molecule has 0 unspecified atom stereocenters. The van der Waals surface area contributed by atoms with Gasteiger partial charge in [0.2, 0.25) is 0 Å². The maximum Gasteiger partial charge on any atom is 0.255 e. The summed E-state index contributed by atoms with van der Waals surface area (Å²) in [4.78, 5) is 14.2. The molecule has 1 aromatic carbocycles. The average Bonchev–Trinajstić information content (AvgIpc) is 3.10. The fourth-order valence-electron chi connectivity index (χ4n) is 2.40. The SMILES string of the molecule is C[C@H](CS(C)(=O)=O)N(C(=O)c1ccc(F)cc1Cl)C1CC1. The molecule has 116 valence electrons. The molecule has 1 atom stereocenters. The summed E-state index contributed by atoms with van der Waals surface area (Å²) >= 11 is 5.93. The Hall–Kier alpha value is -1.14. The molecule has 1 aliphatic rings. The number of benzene rings is 1. The zero-order valence-corrected chi connectivity index (χ0v) is 13.4. The average molecular weight is 334 g/mol. The molecular formula is C14H17ClFNO3S. The van der Waals surface area contributed by atoms with Crippen LogP contribution in [-0.2, 0) is 9.84 Å². The second-order valence-corrected chi connectivity index (χ2v) is 8.10. The Morgan fingerprint density at radius 2 is 2.10 bits per heavy atom. The maximum absolute atomic E-state index is 13.1. The van der Waals surface area contributed by atoms with Crippen molar-refractivity contribution in [3.63, 3.8) is 0 Å². The van der Waals surface area contributed by atoms with Crippen LogP contribution in [0.5, 0.6) is 0 Å². The fourth-order valence-corrected chi connectivity index (χ4v) is 3.68. The first kappa shape index (κ1) is 16.2. The number of carbonyl (C=O) groups excluding carboxylic acids is 1. The van der Waals surface area contributed by atoms with E-state index < -0.39 is 21.7 Å². The van der Waals surface area contributed by atoms with E-state index in [1.54, 1.807) is 11.8 Å². The van der Waals surface area contributed by atoms with Crippen LogP contribution in [0.3, 0.4) is 0 Å². The largest absolute Gasteiger partial charge is 0.332 e. The monoisotopic (exact) mass is 333 g/mol. The molecule has 0 saturated heterocycles. The predicted molar refractivity (Wildman–Crippen MR) is 79.8 cm³/mol. The molecule has 0 aliphatic heterocycles. The van der Waals surface area contributed by atoms with E-state index in [-0.39, 0.29) is 28.3 Å². The fraction of sp³-hybridized carbons (Fsp3) is 0.500. The first-order valence-corrected chi connectivity index (χ1v) is 9.08. The van der Waals surface area contributed by atoms with E-state index in [2.05, 4.69) is 0 Å². The minimum atomic E-state index is -3.19. The molecule has 1 aliphatic carbocycles. The highest BCUT2D eigenvalue weighted by Crippen LogP contribution is 2.32. The van der Waals surface area contributed by atoms with Gasteiger partial charge in [0.05, 0.1) is 16.3 Å². The summed E-state index contributed by atoms with van der Waals surface area (Å²) in [5, 5.41) is 0.0391. The molecule has 7 heteroatoms. The zero-order valence-electron chi connectivity index (χ0n) is 11.8. The quantitative estimate of drug-likeness (QED) is 0.832. The van der Waals surface area contributed by atoms with E-state index in [0.717, 1.165) is 25.2 Å². The molecule has 0 radical (unpaired) electrons. The van der Waals surface area contributed by atoms with Crippen LogP contribution in [0.4, 0.5) is 4.39 Å². The Labute approximate surface area is 128 Å². The summed E-state index contributed by atoms with van der Waals surface area (Å²) in [5.74, 6) is -0.967. The number of hydrogen-bond donors (Lipinski definition) is 0. The van der Waals surface area contributed by atoms with Crippen molar-refractivity contribution in [1.29, 1.82) is 0 Å². The standard InChI is InChI=1S/C14H17ClFNO3S/c1-9(8-21(2,19)20)17(11-4-5-11)14(18)12-6-3-10(16)7-13(12)15/h3,6-7,9,11H,4-5,8H2,1-2H3/t9-/m1/s1. The zero-order chi connectivity index (χ0) is 15.8. The van der Waals surface area contributed by atoms with Crippen molar-refractivity contribution in [3.05, 3.63) is 34.6 Å². The van der Waals surface area contributed by atoms with Crippen LogP contribution in [0.2, 0.25) is 5.02 Å². The van der Waals surface area contributed by atoms with Gasteiger partial charge in [0.15, 0.2) is 0 Å². The molecule has 1 amide bonds. The lowest BCUT2D eigenvalue weighted by Gasteiger charge is -2.29. The van der Waals surface area contributed by atoms with Crippen LogP contribution in [0.1, 0.15) is 30.1 Å². The third kappa shape index (κ3) is 4.17. The number of carbonyl (C=O) groups is 1. The molecule has 4 nitrogen and oxygen atoms in total. The number of nitrogens with zero attached hydrogens (tertiary/aromatic N) is 1. The molecule has 0 bridgehead atoms. The molecule has 1 saturated carbocycles. The van der Waals surface area contributed by atoms with Crippen molar-refractivity contribution in [3.8, 4) is 0 Å². The molecule has 2 rings (SSSR count). The summed E-state index contributed by atoms with van der Waals surface area (Å²) in [6.45, 7) is 1.70. The van der Waals surface area contributed by atoms with Crippen molar-refractivity contribution in [1.82, 2.24) is 4.90 Å². The Morgan fingerprint density at radius 3 is 2.57 bits per heavy atom. The van der Waals surface area contributed by atoms with E-state index in [0.29, 0.717) is 0 Å². The van der Waals surface area contributed by atoms with Gasteiger partial charge in [-0.15, -0.1) is 0 Å². The highest BCUT2D eigenvalue weighted by molar-refractivity contribution is 7.90. The van der Waals surface area contributed by atoms with E-state index in [4.69, 9.17) is 11.6 Å². The van der Waals surface area contributed by atoms with Crippen molar-refractivity contribution in [2.24, 2.45) is 0 Å². The van der Waals surface area contributed by atoms with Gasteiger partial charge in [0.1, 0.15) is 15.7 Å². The molecular weight excluding hydrogens is 317 g/mol. The smallest absolute Gasteiger partial charge is 0.255 e. The molecule has 0 heterocycles. The summed E-state index contributed by atoms with van der Waals surface area (Å²) in [6.07, 6.45) is 2.83. The summed E-state index contributed by atoms with van der Waals surface area (Å²) in [5.41, 5.74) is 0.199. The topological polar surface area (TPSA) is 54.5 Å². The second kappa shape index (κ2) is 5.93. The molecule has 21 heavy (non-hydrogen) atoms. The van der Waals surface area contributed by atoms with Gasteiger partial charge in [0.25, 0.3) is 5.91 Å². The molecule has 0 N–H and O–H groups in total. The van der Waals surface area contributed by atoms with Crippen molar-refractivity contribution in [2.75, 3.05) is 12.0 Å². The second-order valence-electron chi connectivity index (χ2n) is 5.51. The summed E-state index contributed by atoms with van der Waals surface area (Å²) in [7, 11) is -3.19. The van der Waals surface area contributed by atoms with Gasteiger partial charge in [-0.3, -0.25) is 4.79 Å². The number of hydrogen-bond acceptors (Lipinski definition) is 3. The van der Waals surface area contributed by atoms with Crippen LogP contribution in [0.15, 0.2) is 18.2 Å². The van der Waals surface area contributed by atoms with Crippen molar-refractivity contribution < 1.29 is 17.6 Å². The summed E-state index contributed by atoms with van der Waals surface area (Å²) < 4.78 is 36.0. The van der Waals surface area contributed by atoms with Gasteiger partial charge in [-0.05, 0) is 38.0 Å². The van der Waals surface area contributed by atoms with Crippen LogP contribution >= 0.6 is 11.6 Å². The third-order valence-corrected chi connectivity index (χ3v) is 4.76. The van der Waals surface area contributed by atoms with E-state index in [9.17, 15) is 17.6 Å². The minimum absolute atomic E-state index is 0.0374. The van der Waals surface area contributed by atoms with Crippen LogP contribution in [0.25, 0.3) is 0 Å². The molecule has 1 aromatic rings. The molecule has 0 aromatic heterocycles. The number of halogens is 2. The summed E-state index contributed by atoms with van der Waals surface area (Å²) in [6, 6.07) is 3.19. The Kier molecular flexibility index (Phi) is 4.58. The van der Waals surface area contributed by atoms with E-state index in [1.165, 1.54) is 12.1 Å². The van der Waals surface area contributed by atoms with Crippen molar-refractivity contribution in [2.45, 2.75) is 31.8 Å². The van der Waals surface area contributed by atoms with E-state index >= 15 is 0 Å². The van der Waals surface area contributed by atoms with Gasteiger partial charge < -0.3 is 4.90 Å². The number of amides is 1. The van der Waals surface area contributed by atoms with Gasteiger partial charge >= 0.3 is 0 Å². The lowest BCUT2D eigenvalue weighted by atomic mass is 10.1. The van der Waals surface area contributed by atoms with Crippen LogP contribution < -0.4 is 0 Å². The maximum atomic E-state index is 13.1. The van der Waals surface area contributed by atoms with Gasteiger partial charge in [-0.1, -0.05) is 11.6 Å². The van der Waals surface area contributed by atoms with Crippen LogP contribution in [0, 0.1) is 5.82 Å². The lowest BCUT2D eigenvalue weighted by Crippen LogP contribution is -2.43. The lowest BCUT2D eigenvalue weighted by molar-refractivity contribution is 0.0693. The number of rotatable bonds is 5. The van der Waals surface area contributed by atoms with Gasteiger partial charge in [0, 0.05) is 18.3 Å². The van der Waals surface area contributed by atoms with Gasteiger partial charge in [-0.25, -0.2) is 12.8 Å². The third-order valence-electron chi connectivity index (χ3n) is 3.36. The Morgan fingerprint density at radius 1 is 1.48 bits per heavy atom. The van der Waals surface area contributed by atoms with Crippen LogP contribution in [-0.4, -0.2) is 43.3 Å². The molecule has 1 fully saturated rings. The number of sulfone groups is 1. The Bertz CT molecular complexity index is 658. The first-order valence-electron chi connectivity index (χ1n) is 6.64. The van der Waals surface area contributed by atoms with E-state index in [1.807, 2.05) is 0 Å².